The van der Waals surface area contributed by atoms with Crippen molar-refractivity contribution in [2.45, 2.75) is 25.4 Å². The first kappa shape index (κ1) is 12.3. The van der Waals surface area contributed by atoms with Crippen LogP contribution in [0.5, 0.6) is 0 Å². The second kappa shape index (κ2) is 4.85. The van der Waals surface area contributed by atoms with Gasteiger partial charge in [0.2, 0.25) is 11.8 Å². The molecule has 0 bridgehead atoms. The van der Waals surface area contributed by atoms with Crippen LogP contribution < -0.4 is 5.32 Å². The minimum atomic E-state index is -0.897. The summed E-state index contributed by atoms with van der Waals surface area (Å²) in [6, 6.07) is -0.467. The average molecular weight is 232 g/mol. The summed E-state index contributed by atoms with van der Waals surface area (Å²) in [6.45, 7) is 1.86. The Morgan fingerprint density at radius 2 is 2.20 bits per heavy atom. The lowest BCUT2D eigenvalue weighted by Gasteiger charge is -2.16. The summed E-state index contributed by atoms with van der Waals surface area (Å²) < 4.78 is 10.9. The molecule has 1 saturated heterocycles. The number of nitrogens with one attached hydrogen (secondary N) is 1. The molecule has 15 heavy (non-hydrogen) atoms. The van der Waals surface area contributed by atoms with E-state index in [1.54, 1.807) is 6.26 Å². The Kier molecular flexibility index (Phi) is 3.98. The Morgan fingerprint density at radius 1 is 1.60 bits per heavy atom. The normalized spacial score (nSPS) is 25.8. The number of carbonyl (C=O) groups excluding carboxylic acids is 2. The van der Waals surface area contributed by atoms with Crippen LogP contribution in [0.25, 0.3) is 0 Å². The van der Waals surface area contributed by atoms with Crippen LogP contribution in [0.4, 0.5) is 0 Å². The number of likely N-dealkylation sites (N-methyl/N-ethyl adjacent to an activating group) is 1. The molecule has 1 aliphatic heterocycles. The number of hydrogen-bond donors (Lipinski definition) is 1. The molecule has 2 amide bonds. The fraction of sp³-hybridized carbons (Fsp3) is 0.778. The first-order chi connectivity index (χ1) is 6.91. The van der Waals surface area contributed by atoms with Gasteiger partial charge in [-0.05, 0) is 6.92 Å². The van der Waals surface area contributed by atoms with Gasteiger partial charge in [-0.3, -0.25) is 18.7 Å². The molecule has 1 aliphatic rings. The Bertz CT molecular complexity index is 306. The third kappa shape index (κ3) is 3.10. The molecule has 0 radical (unpaired) electrons. The summed E-state index contributed by atoms with van der Waals surface area (Å²) in [7, 11) is 0.584. The predicted octanol–water partition coefficient (Wildman–Crippen LogP) is -0.900. The zero-order chi connectivity index (χ0) is 11.6. The third-order valence-electron chi connectivity index (χ3n) is 2.35. The van der Waals surface area contributed by atoms with Gasteiger partial charge in [0.1, 0.15) is 0 Å². The maximum absolute atomic E-state index is 11.5. The minimum Gasteiger partial charge on any atom is -0.302 e. The summed E-state index contributed by atoms with van der Waals surface area (Å²) in [5.74, 6) is 0.123. The minimum absolute atomic E-state index is 0.0240. The molecular weight excluding hydrogens is 216 g/mol. The lowest BCUT2D eigenvalue weighted by Crippen LogP contribution is -2.43. The third-order valence-corrected chi connectivity index (χ3v) is 3.32. The van der Waals surface area contributed by atoms with Gasteiger partial charge in [-0.15, -0.1) is 0 Å². The highest BCUT2D eigenvalue weighted by atomic mass is 32.2. The molecule has 0 aliphatic carbocycles. The van der Waals surface area contributed by atoms with Crippen molar-refractivity contribution >= 4 is 22.6 Å². The molecule has 0 aromatic carbocycles. The number of carbonyl (C=O) groups is 2. The maximum Gasteiger partial charge on any atom is 0.246 e. The van der Waals surface area contributed by atoms with Crippen LogP contribution >= 0.6 is 0 Å². The fourth-order valence-corrected chi connectivity index (χ4v) is 2.43. The lowest BCUT2D eigenvalue weighted by molar-refractivity contribution is -0.137. The molecular formula is C9H16N2O3S. The summed E-state index contributed by atoms with van der Waals surface area (Å²) >= 11 is 0. The van der Waals surface area contributed by atoms with Gasteiger partial charge in [0.05, 0.1) is 12.5 Å². The number of rotatable bonds is 4. The van der Waals surface area contributed by atoms with Crippen LogP contribution in [0.2, 0.25) is 0 Å². The van der Waals surface area contributed by atoms with Crippen molar-refractivity contribution in [3.05, 3.63) is 0 Å². The molecule has 6 heteroatoms. The van der Waals surface area contributed by atoms with Crippen LogP contribution in [0.15, 0.2) is 0 Å². The fourth-order valence-electron chi connectivity index (χ4n) is 1.63. The highest BCUT2D eigenvalue weighted by molar-refractivity contribution is 7.84. The van der Waals surface area contributed by atoms with Gasteiger partial charge in [0, 0.05) is 35.9 Å². The molecule has 86 valence electrons. The molecule has 0 saturated carbocycles. The van der Waals surface area contributed by atoms with Crippen LogP contribution in [-0.4, -0.2) is 52.1 Å². The van der Waals surface area contributed by atoms with Gasteiger partial charge < -0.3 is 5.32 Å². The second-order valence-corrected chi connectivity index (χ2v) is 5.33. The zero-order valence-electron chi connectivity index (χ0n) is 9.15. The summed E-state index contributed by atoms with van der Waals surface area (Å²) in [5.41, 5.74) is 0. The number of imide groups is 1. The van der Waals surface area contributed by atoms with Crippen molar-refractivity contribution < 1.29 is 13.8 Å². The largest absolute Gasteiger partial charge is 0.302 e. The van der Waals surface area contributed by atoms with E-state index < -0.39 is 16.8 Å². The van der Waals surface area contributed by atoms with Crippen LogP contribution in [0.3, 0.4) is 0 Å². The number of likely N-dealkylation sites (tertiary alicyclic amines) is 1. The Hall–Kier alpha value is -0.750. The number of amides is 2. The molecule has 3 atom stereocenters. The van der Waals surface area contributed by atoms with Crippen molar-refractivity contribution in [3.8, 4) is 0 Å². The maximum atomic E-state index is 11.5. The monoisotopic (exact) mass is 232 g/mol. The van der Waals surface area contributed by atoms with Gasteiger partial charge in [-0.25, -0.2) is 0 Å². The topological polar surface area (TPSA) is 66.5 Å². The Labute approximate surface area is 91.7 Å². The highest BCUT2D eigenvalue weighted by Gasteiger charge is 2.36. The number of nitrogens with zero attached hydrogens (tertiary/aromatic N) is 1. The van der Waals surface area contributed by atoms with Gasteiger partial charge >= 0.3 is 0 Å². The molecule has 1 heterocycles. The second-order valence-electron chi connectivity index (χ2n) is 3.86. The average Bonchev–Trinajstić information content (AvgIpc) is 2.32. The highest BCUT2D eigenvalue weighted by Crippen LogP contribution is 2.11. The van der Waals surface area contributed by atoms with Crippen LogP contribution in [0.1, 0.15) is 13.3 Å². The van der Waals surface area contributed by atoms with E-state index in [1.807, 2.05) is 6.92 Å². The molecule has 0 aromatic rings. The van der Waals surface area contributed by atoms with Gasteiger partial charge in [0.25, 0.3) is 0 Å². The van der Waals surface area contributed by atoms with E-state index in [0.717, 1.165) is 4.90 Å². The smallest absolute Gasteiger partial charge is 0.246 e. The van der Waals surface area contributed by atoms with Gasteiger partial charge in [0.15, 0.2) is 0 Å². The van der Waals surface area contributed by atoms with Crippen LogP contribution in [0, 0.1) is 0 Å². The Balaban J connectivity index is 2.50. The molecule has 0 aromatic heterocycles. The Morgan fingerprint density at radius 3 is 2.60 bits per heavy atom. The zero-order valence-corrected chi connectivity index (χ0v) is 9.97. The first-order valence-corrected chi connectivity index (χ1v) is 6.51. The van der Waals surface area contributed by atoms with Crippen molar-refractivity contribution in [1.29, 1.82) is 0 Å². The summed E-state index contributed by atoms with van der Waals surface area (Å²) in [4.78, 5) is 23.8. The van der Waals surface area contributed by atoms with Crippen molar-refractivity contribution in [3.63, 3.8) is 0 Å². The molecule has 1 N–H and O–H groups in total. The summed E-state index contributed by atoms with van der Waals surface area (Å²) in [6.07, 6.45) is 1.82. The first-order valence-electron chi connectivity index (χ1n) is 4.78. The van der Waals surface area contributed by atoms with Crippen molar-refractivity contribution in [2.24, 2.45) is 0 Å². The molecule has 1 fully saturated rings. The van der Waals surface area contributed by atoms with E-state index >= 15 is 0 Å². The standard InChI is InChI=1S/C9H16N2O3S/c1-6(5-15(3)14)10-7-4-8(12)11(2)9(7)13/h6-7,10H,4-5H2,1-3H3. The molecule has 1 rings (SSSR count). The molecule has 5 nitrogen and oxygen atoms in total. The molecule has 0 spiro atoms. The van der Waals surface area contributed by atoms with E-state index in [0.29, 0.717) is 5.75 Å². The van der Waals surface area contributed by atoms with E-state index in [2.05, 4.69) is 5.32 Å². The van der Waals surface area contributed by atoms with E-state index in [4.69, 9.17) is 0 Å². The van der Waals surface area contributed by atoms with Crippen molar-refractivity contribution in [2.75, 3.05) is 19.1 Å². The lowest BCUT2D eigenvalue weighted by atomic mass is 10.2. The van der Waals surface area contributed by atoms with Gasteiger partial charge in [-0.1, -0.05) is 0 Å². The SMILES string of the molecule is CC(CS(C)=O)NC1CC(=O)N(C)C1=O. The van der Waals surface area contributed by atoms with E-state index in [9.17, 15) is 13.8 Å². The van der Waals surface area contributed by atoms with E-state index in [-0.39, 0.29) is 24.3 Å². The van der Waals surface area contributed by atoms with E-state index in [1.165, 1.54) is 7.05 Å². The quantitative estimate of drug-likeness (QED) is 0.638. The summed E-state index contributed by atoms with van der Waals surface area (Å²) in [5, 5.41) is 3.02. The predicted molar refractivity (Wildman–Crippen MR) is 57.7 cm³/mol. The number of hydrogen-bond acceptors (Lipinski definition) is 4. The van der Waals surface area contributed by atoms with Crippen LogP contribution in [-0.2, 0) is 20.4 Å². The van der Waals surface area contributed by atoms with Gasteiger partial charge in [-0.2, -0.15) is 0 Å². The van der Waals surface area contributed by atoms with Crippen molar-refractivity contribution in [1.82, 2.24) is 10.2 Å². The molecule has 3 unspecified atom stereocenters.